The van der Waals surface area contributed by atoms with E-state index in [-0.39, 0.29) is 0 Å². The van der Waals surface area contributed by atoms with Crippen molar-refractivity contribution in [1.29, 1.82) is 0 Å². The van der Waals surface area contributed by atoms with E-state index in [4.69, 9.17) is 0 Å². The predicted molar refractivity (Wildman–Crippen MR) is 180 cm³/mol. The monoisotopic (exact) mass is 550 g/mol. The smallest absolute Gasteiger partial charge is 0.127 e. The Morgan fingerprint density at radius 3 is 1.03 bits per heavy atom. The molecular formula is C36H62Si2. The topological polar surface area (TPSA) is 0 Å². The molecule has 1 rings (SSSR count). The molecule has 214 valence electrons. The van der Waals surface area contributed by atoms with Crippen molar-refractivity contribution in [2.75, 3.05) is 0 Å². The second-order valence-electron chi connectivity index (χ2n) is 13.6. The van der Waals surface area contributed by atoms with Gasteiger partial charge in [0.05, 0.1) is 0 Å². The first-order chi connectivity index (χ1) is 18.1. The van der Waals surface area contributed by atoms with Crippen LogP contribution in [0.2, 0.25) is 39.3 Å². The van der Waals surface area contributed by atoms with Gasteiger partial charge in [0.25, 0.3) is 0 Å². The van der Waals surface area contributed by atoms with Gasteiger partial charge in [0.2, 0.25) is 0 Å². The maximum atomic E-state index is 3.64. The standard InChI is InChI=1S/C36H62Si2/c1-9-11-13-15-17-19-21-23-25-33-31-35(27-29-37(3,4)5)36(28-30-38(6,7)8)32-34(33)26-24-22-20-18-16-14-12-10-2/h31-32H,9-26H2,1-8H3. The summed E-state index contributed by atoms with van der Waals surface area (Å²) in [6, 6.07) is 4.89. The molecule has 0 spiro atoms. The summed E-state index contributed by atoms with van der Waals surface area (Å²) < 4.78 is 0. The molecule has 0 N–H and O–H groups in total. The molecule has 0 aromatic heterocycles. The molecule has 0 unspecified atom stereocenters. The van der Waals surface area contributed by atoms with Crippen molar-refractivity contribution in [3.05, 3.63) is 34.4 Å². The number of benzene rings is 1. The molecule has 0 radical (unpaired) electrons. The van der Waals surface area contributed by atoms with E-state index in [1.165, 1.54) is 127 Å². The lowest BCUT2D eigenvalue weighted by molar-refractivity contribution is 0.570. The van der Waals surface area contributed by atoms with Crippen LogP contribution in [0.25, 0.3) is 0 Å². The van der Waals surface area contributed by atoms with E-state index >= 15 is 0 Å². The van der Waals surface area contributed by atoms with Crippen LogP contribution in [-0.4, -0.2) is 16.1 Å². The molecule has 0 saturated carbocycles. The van der Waals surface area contributed by atoms with E-state index in [1.807, 2.05) is 0 Å². The van der Waals surface area contributed by atoms with E-state index in [9.17, 15) is 0 Å². The zero-order valence-corrected chi connectivity index (χ0v) is 28.9. The highest BCUT2D eigenvalue weighted by molar-refractivity contribution is 6.84. The molecular weight excluding hydrogens is 489 g/mol. The Hall–Kier alpha value is -1.23. The van der Waals surface area contributed by atoms with Crippen molar-refractivity contribution in [1.82, 2.24) is 0 Å². The van der Waals surface area contributed by atoms with Gasteiger partial charge in [-0.1, -0.05) is 155 Å². The third-order valence-electron chi connectivity index (χ3n) is 7.08. The summed E-state index contributed by atoms with van der Waals surface area (Å²) in [7, 11) is -2.89. The van der Waals surface area contributed by atoms with Crippen LogP contribution in [0, 0.1) is 22.9 Å². The SMILES string of the molecule is CCCCCCCCCCc1cc(C#C[Si](C)(C)C)c(C#C[Si](C)(C)C)cc1CCCCCCCCCC. The quantitative estimate of drug-likeness (QED) is 0.0968. The second kappa shape index (κ2) is 19.8. The Kier molecular flexibility index (Phi) is 18.1. The van der Waals surface area contributed by atoms with Crippen molar-refractivity contribution in [3.8, 4) is 22.9 Å². The summed E-state index contributed by atoms with van der Waals surface area (Å²) in [6.07, 6.45) is 24.4. The molecule has 0 nitrogen and oxygen atoms in total. The van der Waals surface area contributed by atoms with Gasteiger partial charge in [0.15, 0.2) is 0 Å². The fourth-order valence-electron chi connectivity index (χ4n) is 4.77. The number of unbranched alkanes of at least 4 members (excludes halogenated alkanes) is 14. The van der Waals surface area contributed by atoms with Crippen molar-refractivity contribution in [3.63, 3.8) is 0 Å². The van der Waals surface area contributed by atoms with Gasteiger partial charge in [0.1, 0.15) is 16.1 Å². The number of hydrogen-bond acceptors (Lipinski definition) is 0. The number of aryl methyl sites for hydroxylation is 2. The average Bonchev–Trinajstić information content (AvgIpc) is 2.84. The first kappa shape index (κ1) is 34.8. The first-order valence-electron chi connectivity index (χ1n) is 16.3. The number of rotatable bonds is 18. The molecule has 0 aliphatic rings. The van der Waals surface area contributed by atoms with Crippen molar-refractivity contribution >= 4 is 16.1 Å². The minimum Gasteiger partial charge on any atom is -0.127 e. The molecule has 1 aromatic rings. The third-order valence-corrected chi connectivity index (χ3v) is 8.83. The van der Waals surface area contributed by atoms with Crippen LogP contribution in [0.1, 0.15) is 139 Å². The van der Waals surface area contributed by atoms with Gasteiger partial charge in [-0.25, -0.2) is 0 Å². The molecule has 0 heterocycles. The van der Waals surface area contributed by atoms with Crippen LogP contribution < -0.4 is 0 Å². The summed E-state index contributed by atoms with van der Waals surface area (Å²) in [5.41, 5.74) is 12.8. The van der Waals surface area contributed by atoms with E-state index in [1.54, 1.807) is 11.1 Å². The van der Waals surface area contributed by atoms with E-state index < -0.39 is 16.1 Å². The Balaban J connectivity index is 3.02. The van der Waals surface area contributed by atoms with Gasteiger partial charge in [-0.15, -0.1) is 11.1 Å². The molecule has 0 amide bonds. The lowest BCUT2D eigenvalue weighted by Gasteiger charge is -2.14. The Bertz CT molecular complexity index is 815. The molecule has 0 aliphatic heterocycles. The van der Waals surface area contributed by atoms with Gasteiger partial charge < -0.3 is 0 Å². The maximum Gasteiger partial charge on any atom is 0.129 e. The summed E-state index contributed by atoms with van der Waals surface area (Å²) in [5, 5.41) is 0. The summed E-state index contributed by atoms with van der Waals surface area (Å²) in [6.45, 7) is 18.6. The van der Waals surface area contributed by atoms with Gasteiger partial charge in [0, 0.05) is 11.1 Å². The highest BCUT2D eigenvalue weighted by Gasteiger charge is 2.13. The zero-order chi connectivity index (χ0) is 28.3. The largest absolute Gasteiger partial charge is 0.129 e. The molecule has 0 atom stereocenters. The fourth-order valence-corrected chi connectivity index (χ4v) is 5.79. The molecule has 2 heteroatoms. The molecule has 1 aromatic carbocycles. The van der Waals surface area contributed by atoms with Crippen LogP contribution in [0.3, 0.4) is 0 Å². The molecule has 38 heavy (non-hydrogen) atoms. The summed E-state index contributed by atoms with van der Waals surface area (Å²) >= 11 is 0. The highest BCUT2D eigenvalue weighted by atomic mass is 28.3. The third kappa shape index (κ3) is 18.1. The maximum absolute atomic E-state index is 3.64. The average molecular weight is 551 g/mol. The van der Waals surface area contributed by atoms with E-state index in [0.29, 0.717) is 0 Å². The minimum atomic E-state index is -1.45. The molecule has 0 saturated heterocycles. The minimum absolute atomic E-state index is 1.19. The van der Waals surface area contributed by atoms with Crippen LogP contribution in [-0.2, 0) is 12.8 Å². The Labute approximate surface area is 241 Å². The Morgan fingerprint density at radius 1 is 0.447 bits per heavy atom. The predicted octanol–water partition coefficient (Wildman–Crippen LogP) is 11.5. The summed E-state index contributed by atoms with van der Waals surface area (Å²) in [4.78, 5) is 0. The lowest BCUT2D eigenvalue weighted by atomic mass is 9.92. The van der Waals surface area contributed by atoms with E-state index in [0.717, 1.165) is 0 Å². The molecule has 0 aliphatic carbocycles. The zero-order valence-electron chi connectivity index (χ0n) is 26.9. The highest BCUT2D eigenvalue weighted by Crippen LogP contribution is 2.23. The second-order valence-corrected chi connectivity index (χ2v) is 23.1. The van der Waals surface area contributed by atoms with Crippen LogP contribution >= 0.6 is 0 Å². The molecule has 0 bridgehead atoms. The first-order valence-corrected chi connectivity index (χ1v) is 23.3. The van der Waals surface area contributed by atoms with Gasteiger partial charge in [-0.05, 0) is 48.9 Å². The van der Waals surface area contributed by atoms with Gasteiger partial charge in [-0.3, -0.25) is 0 Å². The van der Waals surface area contributed by atoms with E-state index in [2.05, 4.69) is 88.2 Å². The lowest BCUT2D eigenvalue weighted by Crippen LogP contribution is -2.17. The van der Waals surface area contributed by atoms with Crippen molar-refractivity contribution in [2.24, 2.45) is 0 Å². The van der Waals surface area contributed by atoms with Crippen LogP contribution in [0.15, 0.2) is 12.1 Å². The van der Waals surface area contributed by atoms with Crippen molar-refractivity contribution < 1.29 is 0 Å². The van der Waals surface area contributed by atoms with Gasteiger partial charge in [-0.2, -0.15) is 0 Å². The van der Waals surface area contributed by atoms with Crippen LogP contribution in [0.5, 0.6) is 0 Å². The number of hydrogen-bond donors (Lipinski definition) is 0. The van der Waals surface area contributed by atoms with Gasteiger partial charge >= 0.3 is 0 Å². The van der Waals surface area contributed by atoms with Crippen molar-refractivity contribution in [2.45, 2.75) is 169 Å². The normalized spacial score (nSPS) is 11.6. The molecule has 0 fully saturated rings. The Morgan fingerprint density at radius 2 is 0.737 bits per heavy atom. The fraction of sp³-hybridized carbons (Fsp3) is 0.722. The van der Waals surface area contributed by atoms with Crippen LogP contribution in [0.4, 0.5) is 0 Å². The summed E-state index contributed by atoms with van der Waals surface area (Å²) in [5.74, 6) is 7.23.